The van der Waals surface area contributed by atoms with Crippen molar-refractivity contribution in [3.05, 3.63) is 23.2 Å². The van der Waals surface area contributed by atoms with Crippen LogP contribution in [0, 0.1) is 24.2 Å². The van der Waals surface area contributed by atoms with Crippen LogP contribution in [0.25, 0.3) is 0 Å². The van der Waals surface area contributed by atoms with Crippen molar-refractivity contribution in [1.82, 2.24) is 0 Å². The van der Waals surface area contributed by atoms with Crippen LogP contribution < -0.4 is 0 Å². The molecule has 23 heavy (non-hydrogen) atoms. The molecule has 1 aliphatic heterocycles. The minimum atomic E-state index is -0.278. The third kappa shape index (κ3) is 1.79. The summed E-state index contributed by atoms with van der Waals surface area (Å²) in [6.45, 7) is 10.3. The van der Waals surface area contributed by atoms with E-state index in [9.17, 15) is 4.79 Å². The van der Waals surface area contributed by atoms with Gasteiger partial charge in [-0.1, -0.05) is 27.7 Å². The van der Waals surface area contributed by atoms with Crippen LogP contribution in [0.1, 0.15) is 63.5 Å². The van der Waals surface area contributed by atoms with Gasteiger partial charge in [0, 0.05) is 17.4 Å². The lowest BCUT2D eigenvalue weighted by molar-refractivity contribution is -0.172. The third-order valence-corrected chi connectivity index (χ3v) is 6.65. The van der Waals surface area contributed by atoms with E-state index in [4.69, 9.17) is 13.9 Å². The summed E-state index contributed by atoms with van der Waals surface area (Å²) in [5.74, 6) is 1.10. The monoisotopic (exact) mass is 318 g/mol. The number of aryl methyl sites for hydroxylation is 1. The molecular weight excluding hydrogens is 292 g/mol. The van der Waals surface area contributed by atoms with E-state index in [2.05, 4.69) is 13.8 Å². The molecule has 126 valence electrons. The Morgan fingerprint density at radius 1 is 1.39 bits per heavy atom. The molecule has 0 N–H and O–H groups in total. The maximum atomic E-state index is 12.4. The SMILES string of the molecule is Cc1coc2c1C(OC(=O)C(C)C)C1(C)C(C)CCC3OC31C2. The molecule has 1 spiro atoms. The molecular formula is C19H26O4. The van der Waals surface area contributed by atoms with Gasteiger partial charge in [0.2, 0.25) is 0 Å². The molecule has 4 rings (SSSR count). The summed E-state index contributed by atoms with van der Waals surface area (Å²) in [7, 11) is 0. The molecule has 1 saturated heterocycles. The normalized spacial score (nSPS) is 41.0. The van der Waals surface area contributed by atoms with Gasteiger partial charge >= 0.3 is 5.97 Å². The first-order chi connectivity index (χ1) is 10.8. The number of rotatable bonds is 2. The van der Waals surface area contributed by atoms with Crippen LogP contribution in [0.15, 0.2) is 10.7 Å². The summed E-state index contributed by atoms with van der Waals surface area (Å²) in [4.78, 5) is 12.4. The summed E-state index contributed by atoms with van der Waals surface area (Å²) >= 11 is 0. The summed E-state index contributed by atoms with van der Waals surface area (Å²) in [6.07, 6.45) is 4.81. The molecule has 2 heterocycles. The van der Waals surface area contributed by atoms with Crippen molar-refractivity contribution in [2.24, 2.45) is 17.3 Å². The van der Waals surface area contributed by atoms with Crippen molar-refractivity contribution in [2.75, 3.05) is 0 Å². The lowest BCUT2D eigenvalue weighted by Crippen LogP contribution is -2.54. The summed E-state index contributed by atoms with van der Waals surface area (Å²) in [5.41, 5.74) is 1.74. The molecule has 1 aromatic heterocycles. The highest BCUT2D eigenvalue weighted by Crippen LogP contribution is 2.69. The fraction of sp³-hybridized carbons (Fsp3) is 0.737. The largest absolute Gasteiger partial charge is 0.469 e. The van der Waals surface area contributed by atoms with Gasteiger partial charge in [0.25, 0.3) is 0 Å². The average molecular weight is 318 g/mol. The van der Waals surface area contributed by atoms with Gasteiger partial charge in [0.1, 0.15) is 17.5 Å². The molecule has 1 aromatic rings. The van der Waals surface area contributed by atoms with Crippen molar-refractivity contribution in [3.63, 3.8) is 0 Å². The molecule has 4 heteroatoms. The standard InChI is InChI=1S/C19H26O4/c1-10(2)17(20)22-16-15-11(3)9-21-13(15)8-19-14(23-19)7-6-12(4)18(16,19)5/h9-10,12,14,16H,6-8H2,1-5H3. The highest BCUT2D eigenvalue weighted by molar-refractivity contribution is 5.72. The van der Waals surface area contributed by atoms with E-state index in [0.29, 0.717) is 5.92 Å². The molecule has 0 bridgehead atoms. The van der Waals surface area contributed by atoms with Crippen LogP contribution in [0.4, 0.5) is 0 Å². The van der Waals surface area contributed by atoms with Gasteiger partial charge in [0.15, 0.2) is 0 Å². The van der Waals surface area contributed by atoms with Gasteiger partial charge in [-0.05, 0) is 31.2 Å². The van der Waals surface area contributed by atoms with E-state index >= 15 is 0 Å². The van der Waals surface area contributed by atoms with Gasteiger partial charge in [-0.25, -0.2) is 0 Å². The minimum Gasteiger partial charge on any atom is -0.469 e. The van der Waals surface area contributed by atoms with Gasteiger partial charge in [-0.3, -0.25) is 4.79 Å². The Morgan fingerprint density at radius 2 is 2.13 bits per heavy atom. The average Bonchev–Trinajstić information content (AvgIpc) is 3.10. The summed E-state index contributed by atoms with van der Waals surface area (Å²) in [6, 6.07) is 0. The Labute approximate surface area is 137 Å². The molecule has 2 fully saturated rings. The van der Waals surface area contributed by atoms with Gasteiger partial charge in [-0.2, -0.15) is 0 Å². The van der Waals surface area contributed by atoms with E-state index in [0.717, 1.165) is 36.1 Å². The third-order valence-electron chi connectivity index (χ3n) is 6.65. The van der Waals surface area contributed by atoms with Crippen LogP contribution in [0.5, 0.6) is 0 Å². The Balaban J connectivity index is 1.84. The first-order valence-corrected chi connectivity index (χ1v) is 8.76. The zero-order valence-electron chi connectivity index (χ0n) is 14.6. The Morgan fingerprint density at radius 3 is 2.83 bits per heavy atom. The van der Waals surface area contributed by atoms with Crippen molar-refractivity contribution >= 4 is 5.97 Å². The highest BCUT2D eigenvalue weighted by Gasteiger charge is 2.75. The zero-order chi connectivity index (χ0) is 16.6. The Kier molecular flexibility index (Phi) is 3.07. The van der Waals surface area contributed by atoms with E-state index in [1.54, 1.807) is 6.26 Å². The molecule has 5 unspecified atom stereocenters. The molecule has 0 aromatic carbocycles. The molecule has 5 atom stereocenters. The number of hydrogen-bond donors (Lipinski definition) is 0. The maximum Gasteiger partial charge on any atom is 0.309 e. The van der Waals surface area contributed by atoms with Gasteiger partial charge in [-0.15, -0.1) is 0 Å². The number of hydrogen-bond acceptors (Lipinski definition) is 4. The number of furan rings is 1. The Bertz CT molecular complexity index is 660. The number of fused-ring (bicyclic) bond motifs is 1. The number of carbonyl (C=O) groups excluding carboxylic acids is 1. The van der Waals surface area contributed by atoms with Crippen LogP contribution in [0.3, 0.4) is 0 Å². The summed E-state index contributed by atoms with van der Waals surface area (Å²) in [5, 5.41) is 0. The predicted molar refractivity (Wildman–Crippen MR) is 84.9 cm³/mol. The van der Waals surface area contributed by atoms with Crippen LogP contribution in [-0.4, -0.2) is 17.7 Å². The van der Waals surface area contributed by atoms with Crippen molar-refractivity contribution in [2.45, 2.75) is 71.7 Å². The fourth-order valence-corrected chi connectivity index (χ4v) is 4.90. The van der Waals surface area contributed by atoms with Crippen molar-refractivity contribution < 1.29 is 18.7 Å². The first kappa shape index (κ1) is 15.3. The fourth-order valence-electron chi connectivity index (χ4n) is 4.90. The lowest BCUT2D eigenvalue weighted by atomic mass is 9.53. The van der Waals surface area contributed by atoms with Crippen molar-refractivity contribution in [1.29, 1.82) is 0 Å². The number of esters is 1. The second kappa shape index (κ2) is 4.62. The summed E-state index contributed by atoms with van der Waals surface area (Å²) < 4.78 is 18.1. The lowest BCUT2D eigenvalue weighted by Gasteiger charge is -2.51. The van der Waals surface area contributed by atoms with E-state index in [1.807, 2.05) is 20.8 Å². The molecule has 3 aliphatic rings. The Hall–Kier alpha value is -1.29. The topological polar surface area (TPSA) is 52.0 Å². The van der Waals surface area contributed by atoms with Crippen LogP contribution >= 0.6 is 0 Å². The molecule has 4 nitrogen and oxygen atoms in total. The zero-order valence-corrected chi connectivity index (χ0v) is 14.6. The molecule has 2 aliphatic carbocycles. The molecule has 1 saturated carbocycles. The first-order valence-electron chi connectivity index (χ1n) is 8.76. The number of carbonyl (C=O) groups is 1. The van der Waals surface area contributed by atoms with Crippen LogP contribution in [-0.2, 0) is 20.7 Å². The second-order valence-corrected chi connectivity index (χ2v) is 8.16. The number of epoxide rings is 1. The van der Waals surface area contributed by atoms with E-state index < -0.39 is 0 Å². The van der Waals surface area contributed by atoms with E-state index in [1.165, 1.54) is 0 Å². The minimum absolute atomic E-state index is 0.137. The van der Waals surface area contributed by atoms with Gasteiger partial charge < -0.3 is 13.9 Å². The van der Waals surface area contributed by atoms with Gasteiger partial charge in [0.05, 0.1) is 18.3 Å². The van der Waals surface area contributed by atoms with Crippen molar-refractivity contribution in [3.8, 4) is 0 Å². The second-order valence-electron chi connectivity index (χ2n) is 8.16. The number of ether oxygens (including phenoxy) is 2. The predicted octanol–water partition coefficient (Wildman–Crippen LogP) is 3.96. The maximum absolute atomic E-state index is 12.4. The molecule has 0 amide bonds. The highest BCUT2D eigenvalue weighted by atomic mass is 16.6. The van der Waals surface area contributed by atoms with Crippen LogP contribution in [0.2, 0.25) is 0 Å². The molecule has 0 radical (unpaired) electrons. The smallest absolute Gasteiger partial charge is 0.309 e. The quantitative estimate of drug-likeness (QED) is 0.612. The van der Waals surface area contributed by atoms with E-state index in [-0.39, 0.29) is 35.1 Å².